The van der Waals surface area contributed by atoms with E-state index in [0.717, 1.165) is 24.1 Å². The second-order valence-electron chi connectivity index (χ2n) is 5.50. The number of pyridine rings is 1. The van der Waals surface area contributed by atoms with E-state index in [1.807, 2.05) is 12.1 Å². The number of nitrogens with zero attached hydrogens (tertiary/aromatic N) is 3. The van der Waals surface area contributed by atoms with Gasteiger partial charge in [-0.25, -0.2) is 4.68 Å². The SMILES string of the molecule is O=C(/C=C/c1cccnc1)NCCn1nc(C2CC2)ccc1=O. The first kappa shape index (κ1) is 15.1. The Labute approximate surface area is 133 Å². The zero-order chi connectivity index (χ0) is 16.1. The third-order valence-corrected chi connectivity index (χ3v) is 3.62. The Balaban J connectivity index is 1.51. The summed E-state index contributed by atoms with van der Waals surface area (Å²) in [5, 5.41) is 7.10. The first-order chi connectivity index (χ1) is 11.2. The van der Waals surface area contributed by atoms with Gasteiger partial charge < -0.3 is 5.32 Å². The van der Waals surface area contributed by atoms with Crippen LogP contribution in [0.25, 0.3) is 6.08 Å². The average Bonchev–Trinajstić information content (AvgIpc) is 3.41. The molecule has 2 aromatic rings. The van der Waals surface area contributed by atoms with Crippen molar-refractivity contribution < 1.29 is 4.79 Å². The molecule has 0 saturated heterocycles. The lowest BCUT2D eigenvalue weighted by molar-refractivity contribution is -0.116. The molecule has 2 aromatic heterocycles. The summed E-state index contributed by atoms with van der Waals surface area (Å²) in [5.41, 5.74) is 1.68. The number of nitrogens with one attached hydrogen (secondary N) is 1. The van der Waals surface area contributed by atoms with Crippen LogP contribution in [0.15, 0.2) is 47.5 Å². The smallest absolute Gasteiger partial charge is 0.266 e. The Morgan fingerprint density at radius 1 is 1.35 bits per heavy atom. The predicted octanol–water partition coefficient (Wildman–Crippen LogP) is 1.35. The molecule has 1 aliphatic rings. The Hall–Kier alpha value is -2.76. The van der Waals surface area contributed by atoms with Gasteiger partial charge in [-0.05, 0) is 36.6 Å². The van der Waals surface area contributed by atoms with Gasteiger partial charge in [-0.2, -0.15) is 5.10 Å². The number of rotatable bonds is 6. The lowest BCUT2D eigenvalue weighted by Gasteiger charge is -2.06. The van der Waals surface area contributed by atoms with Crippen molar-refractivity contribution in [1.29, 1.82) is 0 Å². The van der Waals surface area contributed by atoms with Crippen molar-refractivity contribution in [1.82, 2.24) is 20.1 Å². The van der Waals surface area contributed by atoms with Gasteiger partial charge in [0, 0.05) is 37.0 Å². The van der Waals surface area contributed by atoms with E-state index in [0.29, 0.717) is 19.0 Å². The molecule has 0 aliphatic heterocycles. The second-order valence-corrected chi connectivity index (χ2v) is 5.50. The van der Waals surface area contributed by atoms with Gasteiger partial charge in [0.05, 0.1) is 12.2 Å². The van der Waals surface area contributed by atoms with Crippen LogP contribution in [-0.2, 0) is 11.3 Å². The van der Waals surface area contributed by atoms with Gasteiger partial charge in [-0.1, -0.05) is 6.07 Å². The molecular formula is C17H18N4O2. The molecular weight excluding hydrogens is 292 g/mol. The first-order valence-electron chi connectivity index (χ1n) is 7.66. The molecule has 1 fully saturated rings. The van der Waals surface area contributed by atoms with Crippen molar-refractivity contribution in [3.8, 4) is 0 Å². The topological polar surface area (TPSA) is 76.9 Å². The third-order valence-electron chi connectivity index (χ3n) is 3.62. The minimum atomic E-state index is -0.208. The van der Waals surface area contributed by atoms with Crippen molar-refractivity contribution in [2.75, 3.05) is 6.54 Å². The van der Waals surface area contributed by atoms with E-state index in [-0.39, 0.29) is 11.5 Å². The highest BCUT2D eigenvalue weighted by Crippen LogP contribution is 2.38. The quantitative estimate of drug-likeness (QED) is 0.817. The van der Waals surface area contributed by atoms with Crippen LogP contribution < -0.4 is 10.9 Å². The number of carbonyl (C=O) groups excluding carboxylic acids is 1. The van der Waals surface area contributed by atoms with Crippen LogP contribution in [0, 0.1) is 0 Å². The summed E-state index contributed by atoms with van der Waals surface area (Å²) in [6.45, 7) is 0.725. The van der Waals surface area contributed by atoms with Crippen LogP contribution in [0.1, 0.15) is 30.0 Å². The number of amides is 1. The molecule has 6 heteroatoms. The largest absolute Gasteiger partial charge is 0.351 e. The van der Waals surface area contributed by atoms with E-state index >= 15 is 0 Å². The predicted molar refractivity (Wildman–Crippen MR) is 86.8 cm³/mol. The molecule has 0 radical (unpaired) electrons. The van der Waals surface area contributed by atoms with Gasteiger partial charge in [-0.3, -0.25) is 14.6 Å². The van der Waals surface area contributed by atoms with E-state index < -0.39 is 0 Å². The molecule has 1 aliphatic carbocycles. The zero-order valence-corrected chi connectivity index (χ0v) is 12.7. The molecule has 0 aromatic carbocycles. The lowest BCUT2D eigenvalue weighted by Crippen LogP contribution is -2.31. The summed E-state index contributed by atoms with van der Waals surface area (Å²) in [7, 11) is 0. The van der Waals surface area contributed by atoms with Crippen molar-refractivity contribution in [2.45, 2.75) is 25.3 Å². The molecule has 0 spiro atoms. The highest BCUT2D eigenvalue weighted by molar-refractivity contribution is 5.91. The van der Waals surface area contributed by atoms with Crippen LogP contribution in [0.2, 0.25) is 0 Å². The van der Waals surface area contributed by atoms with E-state index in [1.54, 1.807) is 30.6 Å². The Bertz CT molecular complexity index is 764. The molecule has 1 N–H and O–H groups in total. The first-order valence-corrected chi connectivity index (χ1v) is 7.66. The number of hydrogen-bond donors (Lipinski definition) is 1. The van der Waals surface area contributed by atoms with Crippen molar-refractivity contribution in [3.63, 3.8) is 0 Å². The minimum absolute atomic E-state index is 0.144. The fourth-order valence-electron chi connectivity index (χ4n) is 2.21. The summed E-state index contributed by atoms with van der Waals surface area (Å²) in [6, 6.07) is 7.02. The van der Waals surface area contributed by atoms with E-state index in [1.165, 1.54) is 10.8 Å². The van der Waals surface area contributed by atoms with E-state index in [4.69, 9.17) is 0 Å². The molecule has 23 heavy (non-hydrogen) atoms. The summed E-state index contributed by atoms with van der Waals surface area (Å²) in [6.07, 6.45) is 8.78. The third kappa shape index (κ3) is 4.35. The van der Waals surface area contributed by atoms with Crippen LogP contribution in [0.4, 0.5) is 0 Å². The fourth-order valence-corrected chi connectivity index (χ4v) is 2.21. The van der Waals surface area contributed by atoms with Crippen LogP contribution >= 0.6 is 0 Å². The molecule has 2 heterocycles. The maximum Gasteiger partial charge on any atom is 0.266 e. The maximum absolute atomic E-state index is 11.8. The molecule has 0 bridgehead atoms. The standard InChI is InChI=1S/C17H18N4O2/c22-16(7-3-13-2-1-9-18-12-13)19-10-11-21-17(23)8-6-15(20-21)14-4-5-14/h1-3,6-9,12,14H,4-5,10-11H2,(H,19,22)/b7-3+. The highest BCUT2D eigenvalue weighted by atomic mass is 16.1. The average molecular weight is 310 g/mol. The maximum atomic E-state index is 11.8. The van der Waals surface area contributed by atoms with Crippen molar-refractivity contribution in [2.24, 2.45) is 0 Å². The summed E-state index contributed by atoms with van der Waals surface area (Å²) in [4.78, 5) is 27.5. The van der Waals surface area contributed by atoms with Gasteiger partial charge in [0.25, 0.3) is 5.56 Å². The monoisotopic (exact) mass is 310 g/mol. The number of aromatic nitrogens is 3. The summed E-state index contributed by atoms with van der Waals surface area (Å²) >= 11 is 0. The molecule has 0 atom stereocenters. The fraction of sp³-hybridized carbons (Fsp3) is 0.294. The molecule has 1 saturated carbocycles. The zero-order valence-electron chi connectivity index (χ0n) is 12.7. The van der Waals surface area contributed by atoms with Crippen molar-refractivity contribution >= 4 is 12.0 Å². The van der Waals surface area contributed by atoms with Crippen LogP contribution in [0.5, 0.6) is 0 Å². The van der Waals surface area contributed by atoms with Gasteiger partial charge in [0.15, 0.2) is 0 Å². The summed E-state index contributed by atoms with van der Waals surface area (Å²) in [5.74, 6) is 0.291. The molecule has 6 nitrogen and oxygen atoms in total. The minimum Gasteiger partial charge on any atom is -0.351 e. The van der Waals surface area contributed by atoms with Crippen LogP contribution in [0.3, 0.4) is 0 Å². The van der Waals surface area contributed by atoms with Gasteiger partial charge in [0.2, 0.25) is 5.91 Å². The molecule has 118 valence electrons. The normalized spacial score (nSPS) is 14.1. The van der Waals surface area contributed by atoms with Gasteiger partial charge >= 0.3 is 0 Å². The van der Waals surface area contributed by atoms with Crippen LogP contribution in [-0.4, -0.2) is 27.2 Å². The lowest BCUT2D eigenvalue weighted by atomic mass is 10.2. The molecule has 1 amide bonds. The number of hydrogen-bond acceptors (Lipinski definition) is 4. The van der Waals surface area contributed by atoms with Gasteiger partial charge in [-0.15, -0.1) is 0 Å². The molecule has 0 unspecified atom stereocenters. The summed E-state index contributed by atoms with van der Waals surface area (Å²) < 4.78 is 1.42. The van der Waals surface area contributed by atoms with Gasteiger partial charge in [0.1, 0.15) is 0 Å². The Morgan fingerprint density at radius 2 is 2.22 bits per heavy atom. The Morgan fingerprint density at radius 3 is 2.96 bits per heavy atom. The highest BCUT2D eigenvalue weighted by Gasteiger charge is 2.25. The Kier molecular flexibility index (Phi) is 4.61. The van der Waals surface area contributed by atoms with E-state index in [2.05, 4.69) is 15.4 Å². The van der Waals surface area contributed by atoms with E-state index in [9.17, 15) is 9.59 Å². The molecule has 3 rings (SSSR count). The van der Waals surface area contributed by atoms with Crippen molar-refractivity contribution in [3.05, 3.63) is 64.3 Å². The second kappa shape index (κ2) is 7.00. The number of carbonyl (C=O) groups is 1.